The molecule has 4 nitrogen and oxygen atoms in total. The van der Waals surface area contributed by atoms with Gasteiger partial charge in [-0.25, -0.2) is 4.68 Å². The molecule has 1 heterocycles. The quantitative estimate of drug-likeness (QED) is 0.712. The molecule has 78 valence electrons. The van der Waals surface area contributed by atoms with E-state index in [0.29, 0.717) is 16.9 Å². The summed E-state index contributed by atoms with van der Waals surface area (Å²) in [5.41, 5.74) is 2.51. The van der Waals surface area contributed by atoms with Crippen LogP contribution in [0.25, 0.3) is 5.69 Å². The maximum Gasteiger partial charge on any atom is 0.168 e. The smallest absolute Gasteiger partial charge is 0.168 e. The van der Waals surface area contributed by atoms with Gasteiger partial charge >= 0.3 is 0 Å². The number of aryl methyl sites for hydroxylation is 1. The number of nitriles is 1. The summed E-state index contributed by atoms with van der Waals surface area (Å²) in [7, 11) is 0. The number of rotatable bonds is 2. The van der Waals surface area contributed by atoms with Crippen LogP contribution in [0.1, 0.15) is 21.7 Å². The van der Waals surface area contributed by atoms with Gasteiger partial charge < -0.3 is 0 Å². The van der Waals surface area contributed by atoms with Gasteiger partial charge in [0.15, 0.2) is 6.29 Å². The van der Waals surface area contributed by atoms with E-state index in [0.717, 1.165) is 12.0 Å². The van der Waals surface area contributed by atoms with Gasteiger partial charge in [0.2, 0.25) is 0 Å². The Labute approximate surface area is 92.7 Å². The zero-order valence-corrected chi connectivity index (χ0v) is 8.71. The topological polar surface area (TPSA) is 58.7 Å². The van der Waals surface area contributed by atoms with Crippen LogP contribution in [0.3, 0.4) is 0 Å². The number of hydrogen-bond acceptors (Lipinski definition) is 3. The SMILES string of the molecule is Cc1cc(C=O)n(-c2cccc(C#N)c2)n1. The highest BCUT2D eigenvalue weighted by Gasteiger charge is 2.06. The summed E-state index contributed by atoms with van der Waals surface area (Å²) in [6.45, 7) is 1.82. The minimum absolute atomic E-state index is 0.479. The summed E-state index contributed by atoms with van der Waals surface area (Å²) in [6.07, 6.45) is 0.749. The molecule has 0 spiro atoms. The van der Waals surface area contributed by atoms with Gasteiger partial charge in [0, 0.05) is 0 Å². The highest BCUT2D eigenvalue weighted by atomic mass is 16.1. The Balaban J connectivity index is 2.58. The van der Waals surface area contributed by atoms with E-state index in [1.807, 2.05) is 6.92 Å². The lowest BCUT2D eigenvalue weighted by atomic mass is 10.2. The van der Waals surface area contributed by atoms with Crippen LogP contribution in [-0.4, -0.2) is 16.1 Å². The molecule has 0 aliphatic rings. The molecule has 0 saturated heterocycles. The molecule has 0 N–H and O–H groups in total. The standard InChI is InChI=1S/C12H9N3O/c1-9-5-12(8-16)15(14-9)11-4-2-3-10(6-11)7-13/h2-6,8H,1H3. The number of aromatic nitrogens is 2. The highest BCUT2D eigenvalue weighted by Crippen LogP contribution is 2.12. The molecule has 0 aliphatic carbocycles. The number of nitrogens with zero attached hydrogens (tertiary/aromatic N) is 3. The first-order valence-corrected chi connectivity index (χ1v) is 4.77. The zero-order chi connectivity index (χ0) is 11.5. The van der Waals surface area contributed by atoms with Crippen molar-refractivity contribution in [2.24, 2.45) is 0 Å². The molecule has 0 bridgehead atoms. The molecule has 0 amide bonds. The Bertz CT molecular complexity index is 578. The number of aldehydes is 1. The molecule has 0 fully saturated rings. The molecule has 0 unspecified atom stereocenters. The molecule has 4 heteroatoms. The minimum atomic E-state index is 0.479. The zero-order valence-electron chi connectivity index (χ0n) is 8.71. The lowest BCUT2D eigenvalue weighted by Gasteiger charge is -2.03. The Kier molecular flexibility index (Phi) is 2.52. The van der Waals surface area contributed by atoms with Gasteiger partial charge in [-0.3, -0.25) is 4.79 Å². The second-order valence-corrected chi connectivity index (χ2v) is 3.40. The fourth-order valence-corrected chi connectivity index (χ4v) is 1.52. The Morgan fingerprint density at radius 3 is 2.94 bits per heavy atom. The van der Waals surface area contributed by atoms with Crippen LogP contribution >= 0.6 is 0 Å². The number of hydrogen-bond donors (Lipinski definition) is 0. The van der Waals surface area contributed by atoms with E-state index in [1.54, 1.807) is 30.3 Å². The van der Waals surface area contributed by atoms with Crippen molar-refractivity contribution >= 4 is 6.29 Å². The Morgan fingerprint density at radius 1 is 1.44 bits per heavy atom. The minimum Gasteiger partial charge on any atom is -0.296 e. The maximum atomic E-state index is 10.8. The monoisotopic (exact) mass is 211 g/mol. The average molecular weight is 211 g/mol. The Morgan fingerprint density at radius 2 is 2.25 bits per heavy atom. The van der Waals surface area contributed by atoms with Crippen molar-refractivity contribution in [1.29, 1.82) is 5.26 Å². The van der Waals surface area contributed by atoms with Gasteiger partial charge in [-0.15, -0.1) is 0 Å². The first-order valence-electron chi connectivity index (χ1n) is 4.77. The lowest BCUT2D eigenvalue weighted by Crippen LogP contribution is -2.01. The van der Waals surface area contributed by atoms with Crippen LogP contribution in [0.5, 0.6) is 0 Å². The largest absolute Gasteiger partial charge is 0.296 e. The van der Waals surface area contributed by atoms with Crippen molar-refractivity contribution in [3.63, 3.8) is 0 Å². The predicted octanol–water partition coefficient (Wildman–Crippen LogP) is 1.86. The normalized spacial score (nSPS) is 9.75. The molecule has 1 aromatic carbocycles. The van der Waals surface area contributed by atoms with E-state index < -0.39 is 0 Å². The summed E-state index contributed by atoms with van der Waals surface area (Å²) in [5, 5.41) is 13.0. The molecule has 2 aromatic rings. The van der Waals surface area contributed by atoms with Crippen molar-refractivity contribution in [2.75, 3.05) is 0 Å². The third-order valence-corrected chi connectivity index (χ3v) is 2.20. The van der Waals surface area contributed by atoms with Gasteiger partial charge in [0.05, 0.1) is 23.0 Å². The second-order valence-electron chi connectivity index (χ2n) is 3.40. The van der Waals surface area contributed by atoms with Gasteiger partial charge in [-0.2, -0.15) is 10.4 Å². The summed E-state index contributed by atoms with van der Waals surface area (Å²) in [6, 6.07) is 10.7. The van der Waals surface area contributed by atoms with Crippen LogP contribution in [0.15, 0.2) is 30.3 Å². The fourth-order valence-electron chi connectivity index (χ4n) is 1.52. The molecule has 0 saturated carbocycles. The molecule has 0 radical (unpaired) electrons. The van der Waals surface area contributed by atoms with Crippen LogP contribution < -0.4 is 0 Å². The number of benzene rings is 1. The molecule has 1 aromatic heterocycles. The van der Waals surface area contributed by atoms with Gasteiger partial charge in [0.1, 0.15) is 5.69 Å². The highest BCUT2D eigenvalue weighted by molar-refractivity contribution is 5.73. The van der Waals surface area contributed by atoms with Gasteiger partial charge in [-0.1, -0.05) is 6.07 Å². The molecule has 2 rings (SSSR count). The summed E-state index contributed by atoms with van der Waals surface area (Å²) in [5.74, 6) is 0. The van der Waals surface area contributed by atoms with E-state index in [4.69, 9.17) is 5.26 Å². The van der Waals surface area contributed by atoms with Crippen LogP contribution in [0.2, 0.25) is 0 Å². The molecule has 0 atom stereocenters. The van der Waals surface area contributed by atoms with Crippen molar-refractivity contribution in [3.05, 3.63) is 47.3 Å². The van der Waals surface area contributed by atoms with Crippen LogP contribution in [0, 0.1) is 18.3 Å². The van der Waals surface area contributed by atoms with E-state index >= 15 is 0 Å². The third kappa shape index (κ3) is 1.71. The first kappa shape index (κ1) is 10.1. The first-order chi connectivity index (χ1) is 7.74. The summed E-state index contributed by atoms with van der Waals surface area (Å²) in [4.78, 5) is 10.8. The van der Waals surface area contributed by atoms with Gasteiger partial charge in [0.25, 0.3) is 0 Å². The maximum absolute atomic E-state index is 10.8. The van der Waals surface area contributed by atoms with E-state index in [1.165, 1.54) is 4.68 Å². The van der Waals surface area contributed by atoms with Crippen molar-refractivity contribution in [1.82, 2.24) is 9.78 Å². The van der Waals surface area contributed by atoms with E-state index in [9.17, 15) is 4.79 Å². The molecular formula is C12H9N3O. The van der Waals surface area contributed by atoms with Crippen molar-refractivity contribution in [3.8, 4) is 11.8 Å². The van der Waals surface area contributed by atoms with Gasteiger partial charge in [-0.05, 0) is 31.2 Å². The second kappa shape index (κ2) is 3.99. The van der Waals surface area contributed by atoms with Crippen LogP contribution in [0.4, 0.5) is 0 Å². The molecule has 0 aliphatic heterocycles. The van der Waals surface area contributed by atoms with Crippen molar-refractivity contribution < 1.29 is 4.79 Å². The van der Waals surface area contributed by atoms with E-state index in [-0.39, 0.29) is 0 Å². The lowest BCUT2D eigenvalue weighted by molar-refractivity contribution is 0.111. The number of carbonyl (C=O) groups is 1. The average Bonchev–Trinajstić information content (AvgIpc) is 2.70. The fraction of sp³-hybridized carbons (Fsp3) is 0.0833. The molecule has 16 heavy (non-hydrogen) atoms. The van der Waals surface area contributed by atoms with E-state index in [2.05, 4.69) is 11.2 Å². The van der Waals surface area contributed by atoms with Crippen LogP contribution in [-0.2, 0) is 0 Å². The number of carbonyl (C=O) groups excluding carboxylic acids is 1. The predicted molar refractivity (Wildman–Crippen MR) is 58.4 cm³/mol. The third-order valence-electron chi connectivity index (χ3n) is 2.20. The summed E-state index contributed by atoms with van der Waals surface area (Å²) < 4.78 is 1.53. The summed E-state index contributed by atoms with van der Waals surface area (Å²) >= 11 is 0. The van der Waals surface area contributed by atoms with Crippen molar-refractivity contribution in [2.45, 2.75) is 6.92 Å². The Hall–Kier alpha value is -2.41. The molecular weight excluding hydrogens is 202 g/mol.